The molecule has 1 fully saturated rings. The minimum atomic E-state index is -1.59. The summed E-state index contributed by atoms with van der Waals surface area (Å²) in [6.45, 7) is 3.46. The number of esters is 2. The molecule has 0 bridgehead atoms. The first-order valence-electron chi connectivity index (χ1n) is 26.3. The molecule has 10 heteroatoms. The Morgan fingerprint density at radius 1 is 0.484 bits per heavy atom. The van der Waals surface area contributed by atoms with Gasteiger partial charge in [-0.05, 0) is 38.5 Å². The van der Waals surface area contributed by atoms with E-state index in [-0.39, 0.29) is 32.0 Å². The van der Waals surface area contributed by atoms with Crippen molar-refractivity contribution in [3.8, 4) is 0 Å². The van der Waals surface area contributed by atoms with E-state index in [2.05, 4.69) is 26.0 Å². The first-order chi connectivity index (χ1) is 30.3. The third-order valence-electron chi connectivity index (χ3n) is 12.4. The van der Waals surface area contributed by atoms with Gasteiger partial charge in [0.15, 0.2) is 12.4 Å². The van der Waals surface area contributed by atoms with Crippen LogP contribution in [0.15, 0.2) is 12.2 Å². The van der Waals surface area contributed by atoms with E-state index in [0.29, 0.717) is 6.42 Å². The van der Waals surface area contributed by atoms with Gasteiger partial charge in [-0.3, -0.25) is 9.59 Å². The Bertz CT molecular complexity index is 1020. The van der Waals surface area contributed by atoms with Crippen LogP contribution in [-0.2, 0) is 28.5 Å². The maximum atomic E-state index is 12.8. The van der Waals surface area contributed by atoms with Crippen LogP contribution >= 0.6 is 0 Å². The van der Waals surface area contributed by atoms with Gasteiger partial charge in [0, 0.05) is 12.8 Å². The van der Waals surface area contributed by atoms with Gasteiger partial charge < -0.3 is 39.4 Å². The van der Waals surface area contributed by atoms with Crippen LogP contribution in [0.1, 0.15) is 251 Å². The van der Waals surface area contributed by atoms with E-state index in [1.807, 2.05) is 0 Å². The molecule has 0 radical (unpaired) electrons. The molecule has 10 nitrogen and oxygen atoms in total. The summed E-state index contributed by atoms with van der Waals surface area (Å²) in [5.74, 6) is -0.801. The van der Waals surface area contributed by atoms with Crippen LogP contribution in [0.3, 0.4) is 0 Å². The van der Waals surface area contributed by atoms with Crippen LogP contribution in [0.25, 0.3) is 0 Å². The zero-order valence-electron chi connectivity index (χ0n) is 40.1. The van der Waals surface area contributed by atoms with Crippen molar-refractivity contribution < 1.29 is 49.0 Å². The van der Waals surface area contributed by atoms with E-state index in [9.17, 15) is 30.0 Å². The number of hydrogen-bond acceptors (Lipinski definition) is 10. The van der Waals surface area contributed by atoms with Crippen molar-refractivity contribution in [3.05, 3.63) is 12.2 Å². The van der Waals surface area contributed by atoms with Gasteiger partial charge in [-0.1, -0.05) is 212 Å². The zero-order chi connectivity index (χ0) is 45.1. The van der Waals surface area contributed by atoms with E-state index in [1.165, 1.54) is 161 Å². The average molecular weight is 883 g/mol. The molecule has 6 atom stereocenters. The van der Waals surface area contributed by atoms with Gasteiger partial charge in [-0.2, -0.15) is 0 Å². The lowest BCUT2D eigenvalue weighted by Crippen LogP contribution is -2.59. The predicted octanol–water partition coefficient (Wildman–Crippen LogP) is 12.3. The van der Waals surface area contributed by atoms with Gasteiger partial charge in [0.2, 0.25) is 0 Å². The molecule has 0 aromatic heterocycles. The van der Waals surface area contributed by atoms with Crippen molar-refractivity contribution >= 4 is 11.9 Å². The Hall–Kier alpha value is -1.56. The molecule has 0 aliphatic carbocycles. The Morgan fingerprint density at radius 3 is 1.26 bits per heavy atom. The molecule has 0 amide bonds. The highest BCUT2D eigenvalue weighted by Gasteiger charge is 2.44. The molecule has 1 aliphatic heterocycles. The normalized spacial score (nSPS) is 19.6. The van der Waals surface area contributed by atoms with Crippen molar-refractivity contribution in [3.63, 3.8) is 0 Å². The highest BCUT2D eigenvalue weighted by Crippen LogP contribution is 2.23. The van der Waals surface area contributed by atoms with Crippen LogP contribution in [0.4, 0.5) is 0 Å². The minimum Gasteiger partial charge on any atom is -0.462 e. The topological polar surface area (TPSA) is 152 Å². The lowest BCUT2D eigenvalue weighted by molar-refractivity contribution is -0.305. The zero-order valence-corrected chi connectivity index (χ0v) is 40.1. The Kier molecular flexibility index (Phi) is 40.9. The second kappa shape index (κ2) is 43.3. The summed E-state index contributed by atoms with van der Waals surface area (Å²) in [5, 5.41) is 40.2. The van der Waals surface area contributed by atoms with Gasteiger partial charge in [0.25, 0.3) is 0 Å². The monoisotopic (exact) mass is 883 g/mol. The smallest absolute Gasteiger partial charge is 0.306 e. The predicted molar refractivity (Wildman–Crippen MR) is 252 cm³/mol. The second-order valence-electron chi connectivity index (χ2n) is 18.3. The third kappa shape index (κ3) is 33.9. The Labute approximate surface area is 380 Å². The largest absolute Gasteiger partial charge is 0.462 e. The molecular formula is C52H98O10. The van der Waals surface area contributed by atoms with Crippen molar-refractivity contribution in [2.75, 3.05) is 19.8 Å². The van der Waals surface area contributed by atoms with Crippen LogP contribution in [0.2, 0.25) is 0 Å². The first-order valence-corrected chi connectivity index (χ1v) is 26.3. The van der Waals surface area contributed by atoms with E-state index in [4.69, 9.17) is 18.9 Å². The molecule has 0 aromatic rings. The molecular weight excluding hydrogens is 785 g/mol. The molecule has 1 rings (SSSR count). The molecule has 4 N–H and O–H groups in total. The number of allylic oxidation sites excluding steroid dienone is 2. The number of rotatable bonds is 45. The molecule has 1 aliphatic rings. The van der Waals surface area contributed by atoms with Crippen LogP contribution in [0, 0.1) is 0 Å². The number of aliphatic hydroxyl groups excluding tert-OH is 4. The number of unbranched alkanes of at least 4 members (excludes halogenated alkanes) is 32. The number of carbonyl (C=O) groups is 2. The highest BCUT2D eigenvalue weighted by atomic mass is 16.7. The summed E-state index contributed by atoms with van der Waals surface area (Å²) >= 11 is 0. The van der Waals surface area contributed by atoms with E-state index >= 15 is 0 Å². The number of ether oxygens (including phenoxy) is 4. The van der Waals surface area contributed by atoms with Crippen LogP contribution in [-0.4, -0.2) is 89.0 Å². The molecule has 0 spiro atoms. The van der Waals surface area contributed by atoms with Crippen molar-refractivity contribution in [1.82, 2.24) is 0 Å². The molecule has 0 saturated carbocycles. The summed E-state index contributed by atoms with van der Waals surface area (Å²) in [6.07, 6.45) is 40.8. The number of aliphatic hydroxyl groups is 4. The van der Waals surface area contributed by atoms with Gasteiger partial charge >= 0.3 is 11.9 Å². The van der Waals surface area contributed by atoms with E-state index in [0.717, 1.165) is 57.8 Å². The standard InChI is InChI=1S/C52H98O10/c1-3-5-7-9-11-13-15-17-19-20-21-22-23-24-25-27-29-31-33-35-37-39-41-48(55)61-45(44-60-52-51(58)50(57)49(56)46(42-53)62-52)43-59-47(54)40-38-36-34-32-30-28-26-18-16-14-12-10-8-6-4-2/h18,26,45-46,49-53,56-58H,3-17,19-25,27-44H2,1-2H3/b26-18+/t45-,46-,49+,50?,51?,52-/m1/s1. The number of hydrogen-bond donors (Lipinski definition) is 4. The molecule has 62 heavy (non-hydrogen) atoms. The fourth-order valence-electron chi connectivity index (χ4n) is 8.24. The minimum absolute atomic E-state index is 0.216. The SMILES string of the molecule is CCCCCCCC/C=C/CCCCCCCC(=O)OC[C@H](CO[C@@H]1O[C@H](CO)[C@H](O)C(O)C1O)OC(=O)CCCCCCCCCCCCCCCCCCCCCCCC. The second-order valence-corrected chi connectivity index (χ2v) is 18.3. The first kappa shape index (κ1) is 58.5. The Balaban J connectivity index is 2.23. The fourth-order valence-corrected chi connectivity index (χ4v) is 8.24. The molecule has 1 saturated heterocycles. The highest BCUT2D eigenvalue weighted by molar-refractivity contribution is 5.70. The van der Waals surface area contributed by atoms with E-state index in [1.54, 1.807) is 0 Å². The van der Waals surface area contributed by atoms with Crippen molar-refractivity contribution in [1.29, 1.82) is 0 Å². The van der Waals surface area contributed by atoms with Crippen molar-refractivity contribution in [2.24, 2.45) is 0 Å². The summed E-state index contributed by atoms with van der Waals surface area (Å²) in [6, 6.07) is 0. The maximum Gasteiger partial charge on any atom is 0.306 e. The van der Waals surface area contributed by atoms with Gasteiger partial charge in [-0.15, -0.1) is 0 Å². The lowest BCUT2D eigenvalue weighted by atomic mass is 9.99. The summed E-state index contributed by atoms with van der Waals surface area (Å²) < 4.78 is 22.2. The third-order valence-corrected chi connectivity index (χ3v) is 12.4. The van der Waals surface area contributed by atoms with Crippen LogP contribution in [0.5, 0.6) is 0 Å². The maximum absolute atomic E-state index is 12.8. The molecule has 0 aromatic carbocycles. The lowest BCUT2D eigenvalue weighted by Gasteiger charge is -2.39. The summed E-state index contributed by atoms with van der Waals surface area (Å²) in [5.41, 5.74) is 0. The van der Waals surface area contributed by atoms with Gasteiger partial charge in [0.1, 0.15) is 31.0 Å². The van der Waals surface area contributed by atoms with Crippen molar-refractivity contribution in [2.45, 2.75) is 288 Å². The quantitative estimate of drug-likeness (QED) is 0.0264. The Morgan fingerprint density at radius 2 is 0.855 bits per heavy atom. The molecule has 2 unspecified atom stereocenters. The summed E-state index contributed by atoms with van der Waals surface area (Å²) in [7, 11) is 0. The molecule has 1 heterocycles. The van der Waals surface area contributed by atoms with Gasteiger partial charge in [0.05, 0.1) is 13.2 Å². The fraction of sp³-hybridized carbons (Fsp3) is 0.923. The van der Waals surface area contributed by atoms with Crippen LogP contribution < -0.4 is 0 Å². The van der Waals surface area contributed by atoms with E-state index < -0.39 is 49.4 Å². The van der Waals surface area contributed by atoms with Gasteiger partial charge in [-0.25, -0.2) is 0 Å². The number of carbonyl (C=O) groups excluding carboxylic acids is 2. The average Bonchev–Trinajstić information content (AvgIpc) is 3.27. The summed E-state index contributed by atoms with van der Waals surface area (Å²) in [4.78, 5) is 25.4. The molecule has 366 valence electrons.